The van der Waals surface area contributed by atoms with Gasteiger partial charge in [0.2, 0.25) is 0 Å². The molecule has 3 aromatic heterocycles. The zero-order valence-corrected chi connectivity index (χ0v) is 15.5. The Hall–Kier alpha value is -4.05. The Morgan fingerprint density at radius 2 is 1.52 bits per heavy atom. The van der Waals surface area contributed by atoms with Gasteiger partial charge in [-0.05, 0) is 42.0 Å². The molecule has 6 aromatic rings. The lowest BCUT2D eigenvalue weighted by Crippen LogP contribution is -1.85. The van der Waals surface area contributed by atoms with Crippen LogP contribution >= 0.6 is 0 Å². The third-order valence-electron chi connectivity index (χ3n) is 5.47. The monoisotopic (exact) mass is 375 g/mol. The van der Waals surface area contributed by atoms with Crippen molar-refractivity contribution in [2.45, 2.75) is 0 Å². The molecule has 0 saturated heterocycles. The Morgan fingerprint density at radius 3 is 2.41 bits per heavy atom. The number of rotatable bonds is 2. The van der Waals surface area contributed by atoms with Crippen molar-refractivity contribution in [2.24, 2.45) is 0 Å². The number of fused-ring (bicyclic) bond motifs is 3. The summed E-state index contributed by atoms with van der Waals surface area (Å²) in [5, 5.41) is 13.8. The van der Waals surface area contributed by atoms with Gasteiger partial charge in [-0.3, -0.25) is 0 Å². The summed E-state index contributed by atoms with van der Waals surface area (Å²) in [7, 11) is 0. The molecular weight excluding hydrogens is 358 g/mol. The summed E-state index contributed by atoms with van der Waals surface area (Å²) in [5.74, 6) is 0.136. The van der Waals surface area contributed by atoms with Crippen molar-refractivity contribution in [1.82, 2.24) is 15.0 Å². The van der Waals surface area contributed by atoms with Crippen molar-refractivity contribution in [1.29, 1.82) is 0 Å². The molecule has 0 spiro atoms. The Kier molecular flexibility index (Phi) is 3.29. The maximum absolute atomic E-state index is 10.6. The first-order valence-corrected chi connectivity index (χ1v) is 9.55. The van der Waals surface area contributed by atoms with Gasteiger partial charge in [-0.15, -0.1) is 0 Å². The first-order chi connectivity index (χ1) is 14.3. The zero-order valence-electron chi connectivity index (χ0n) is 15.5. The summed E-state index contributed by atoms with van der Waals surface area (Å²) in [6, 6.07) is 28.5. The summed E-state index contributed by atoms with van der Waals surface area (Å²) in [6.45, 7) is 0. The average molecular weight is 375 g/mol. The van der Waals surface area contributed by atoms with Crippen LogP contribution in [0.1, 0.15) is 0 Å². The lowest BCUT2D eigenvalue weighted by Gasteiger charge is -2.04. The highest BCUT2D eigenvalue weighted by Crippen LogP contribution is 2.38. The first-order valence-electron chi connectivity index (χ1n) is 9.55. The van der Waals surface area contributed by atoms with E-state index in [1.54, 1.807) is 0 Å². The minimum atomic E-state index is 0.136. The van der Waals surface area contributed by atoms with Crippen LogP contribution in [0.3, 0.4) is 0 Å². The molecule has 3 aromatic carbocycles. The minimum Gasteiger partial charge on any atom is -0.494 e. The van der Waals surface area contributed by atoms with Crippen LogP contribution in [0, 0.1) is 0 Å². The molecule has 138 valence electrons. The summed E-state index contributed by atoms with van der Waals surface area (Å²) < 4.78 is 0. The van der Waals surface area contributed by atoms with Crippen molar-refractivity contribution < 1.29 is 5.11 Å². The molecule has 3 N–H and O–H groups in total. The van der Waals surface area contributed by atoms with Crippen LogP contribution in [0.15, 0.2) is 84.9 Å². The van der Waals surface area contributed by atoms with Crippen LogP contribution in [0.25, 0.3) is 55.2 Å². The van der Waals surface area contributed by atoms with Gasteiger partial charge in [0.1, 0.15) is 0 Å². The van der Waals surface area contributed by atoms with E-state index < -0.39 is 0 Å². The molecule has 0 saturated carbocycles. The lowest BCUT2D eigenvalue weighted by atomic mass is 10.0. The molecule has 0 atom stereocenters. The van der Waals surface area contributed by atoms with Crippen LogP contribution in [0.2, 0.25) is 0 Å². The number of para-hydroxylation sites is 2. The predicted octanol–water partition coefficient (Wildman–Crippen LogP) is 6.24. The van der Waals surface area contributed by atoms with Crippen molar-refractivity contribution in [2.75, 3.05) is 0 Å². The topological polar surface area (TPSA) is 64.7 Å². The van der Waals surface area contributed by atoms with E-state index in [1.807, 2.05) is 54.6 Å². The van der Waals surface area contributed by atoms with Crippen LogP contribution < -0.4 is 0 Å². The minimum absolute atomic E-state index is 0.136. The van der Waals surface area contributed by atoms with E-state index >= 15 is 0 Å². The van der Waals surface area contributed by atoms with E-state index in [-0.39, 0.29) is 5.88 Å². The van der Waals surface area contributed by atoms with Crippen molar-refractivity contribution in [3.8, 4) is 28.4 Å². The van der Waals surface area contributed by atoms with E-state index in [0.29, 0.717) is 0 Å². The number of benzene rings is 3. The van der Waals surface area contributed by atoms with Crippen molar-refractivity contribution in [3.63, 3.8) is 0 Å². The molecule has 0 amide bonds. The smallest absolute Gasteiger partial charge is 0.199 e. The fourth-order valence-electron chi connectivity index (χ4n) is 4.04. The third-order valence-corrected chi connectivity index (χ3v) is 5.47. The van der Waals surface area contributed by atoms with Gasteiger partial charge in [0.25, 0.3) is 0 Å². The highest BCUT2D eigenvalue weighted by atomic mass is 16.3. The molecule has 29 heavy (non-hydrogen) atoms. The molecular formula is C25H17N3O. The SMILES string of the molecule is Oc1[nH]c2ccc(-c3cc4ccccc4[nH]3)cc2c1-c1ccc2ccccc2n1. The molecule has 0 unspecified atom stereocenters. The number of aromatic nitrogens is 3. The number of aromatic hydroxyl groups is 1. The normalized spacial score (nSPS) is 11.6. The predicted molar refractivity (Wildman–Crippen MR) is 118 cm³/mol. The van der Waals surface area contributed by atoms with Gasteiger partial charge >= 0.3 is 0 Å². The molecule has 6 rings (SSSR count). The molecule has 0 aliphatic carbocycles. The van der Waals surface area contributed by atoms with E-state index in [4.69, 9.17) is 4.98 Å². The molecule has 0 aliphatic rings. The molecule has 0 radical (unpaired) electrons. The van der Waals surface area contributed by atoms with E-state index in [1.165, 1.54) is 5.39 Å². The van der Waals surface area contributed by atoms with Crippen molar-refractivity contribution >= 4 is 32.7 Å². The van der Waals surface area contributed by atoms with Crippen LogP contribution in [-0.2, 0) is 0 Å². The summed E-state index contributed by atoms with van der Waals surface area (Å²) in [4.78, 5) is 11.3. The molecule has 0 aliphatic heterocycles. The number of nitrogens with one attached hydrogen (secondary N) is 2. The first kappa shape index (κ1) is 16.0. The number of pyridine rings is 1. The zero-order chi connectivity index (χ0) is 19.4. The molecule has 4 nitrogen and oxygen atoms in total. The number of nitrogens with zero attached hydrogens (tertiary/aromatic N) is 1. The Balaban J connectivity index is 1.56. The maximum atomic E-state index is 10.6. The highest BCUT2D eigenvalue weighted by molar-refractivity contribution is 6.01. The lowest BCUT2D eigenvalue weighted by molar-refractivity contribution is 0.460. The van der Waals surface area contributed by atoms with Crippen LogP contribution in [-0.4, -0.2) is 20.1 Å². The standard InChI is InChI=1S/C25H17N3O/c29-25-24(22-12-9-15-5-1-3-7-19(15)26-22)18-13-17(10-11-21(18)28-25)23-14-16-6-2-4-8-20(16)27-23/h1-14,27-29H. The van der Waals surface area contributed by atoms with Gasteiger partial charge in [-0.25, -0.2) is 4.98 Å². The summed E-state index contributed by atoms with van der Waals surface area (Å²) >= 11 is 0. The fraction of sp³-hybridized carbons (Fsp3) is 0. The van der Waals surface area contributed by atoms with Gasteiger partial charge in [-0.1, -0.05) is 48.5 Å². The second kappa shape index (κ2) is 5.97. The molecule has 0 fully saturated rings. The van der Waals surface area contributed by atoms with Crippen LogP contribution in [0.4, 0.5) is 0 Å². The Morgan fingerprint density at radius 1 is 0.690 bits per heavy atom. The number of hydrogen-bond acceptors (Lipinski definition) is 2. The number of H-pyrrole nitrogens is 2. The molecule has 4 heteroatoms. The van der Waals surface area contributed by atoms with Gasteiger partial charge in [0.15, 0.2) is 5.88 Å². The van der Waals surface area contributed by atoms with Gasteiger partial charge in [0, 0.05) is 32.9 Å². The van der Waals surface area contributed by atoms with Crippen LogP contribution in [0.5, 0.6) is 5.88 Å². The summed E-state index contributed by atoms with van der Waals surface area (Å²) in [5.41, 5.74) is 6.49. The average Bonchev–Trinajstić information content (AvgIpc) is 3.33. The van der Waals surface area contributed by atoms with E-state index in [9.17, 15) is 5.11 Å². The molecule has 3 heterocycles. The Labute approximate surface area is 166 Å². The largest absolute Gasteiger partial charge is 0.494 e. The third kappa shape index (κ3) is 2.50. The van der Waals surface area contributed by atoms with Gasteiger partial charge in [-0.2, -0.15) is 0 Å². The van der Waals surface area contributed by atoms with Gasteiger partial charge < -0.3 is 15.1 Å². The Bertz CT molecular complexity index is 1490. The second-order valence-electron chi connectivity index (χ2n) is 7.27. The van der Waals surface area contributed by atoms with E-state index in [0.717, 1.165) is 49.8 Å². The summed E-state index contributed by atoms with van der Waals surface area (Å²) in [6.07, 6.45) is 0. The highest BCUT2D eigenvalue weighted by Gasteiger charge is 2.16. The number of hydrogen-bond donors (Lipinski definition) is 3. The molecule has 0 bridgehead atoms. The van der Waals surface area contributed by atoms with E-state index in [2.05, 4.69) is 40.3 Å². The maximum Gasteiger partial charge on any atom is 0.199 e. The fourth-order valence-corrected chi connectivity index (χ4v) is 4.04. The second-order valence-corrected chi connectivity index (χ2v) is 7.27. The quantitative estimate of drug-likeness (QED) is 0.335. The number of aromatic amines is 2. The van der Waals surface area contributed by atoms with Gasteiger partial charge in [0.05, 0.1) is 16.8 Å². The van der Waals surface area contributed by atoms with Crippen molar-refractivity contribution in [3.05, 3.63) is 84.9 Å².